The first-order valence-electron chi connectivity index (χ1n) is 10.6. The number of hydrogen-bond acceptors (Lipinski definition) is 5. The van der Waals surface area contributed by atoms with Crippen molar-refractivity contribution < 1.29 is 24.4 Å². The Morgan fingerprint density at radius 3 is 2.15 bits per heavy atom. The molecule has 0 unspecified atom stereocenters. The molecule has 166 valence electrons. The molecule has 5 rings (SSSR count). The Hall–Kier alpha value is -4.20. The molecule has 2 aliphatic rings. The number of carbonyl (C=O) groups excluding carboxylic acids is 1. The number of carboxylic acids is 1. The highest BCUT2D eigenvalue weighted by atomic mass is 16.6. The van der Waals surface area contributed by atoms with E-state index in [0.29, 0.717) is 12.8 Å². The van der Waals surface area contributed by atoms with Crippen LogP contribution < -0.4 is 4.90 Å². The van der Waals surface area contributed by atoms with Crippen molar-refractivity contribution >= 4 is 23.4 Å². The van der Waals surface area contributed by atoms with Gasteiger partial charge in [0.1, 0.15) is 12.3 Å². The summed E-state index contributed by atoms with van der Waals surface area (Å²) in [6.45, 7) is 0.0943. The molecular weight excluding hydrogens is 424 g/mol. The van der Waals surface area contributed by atoms with Gasteiger partial charge in [-0.2, -0.15) is 0 Å². The van der Waals surface area contributed by atoms with E-state index in [-0.39, 0.29) is 29.8 Å². The Kier molecular flexibility index (Phi) is 5.05. The number of carboxylic acid groups (broad SMARTS) is 1. The van der Waals surface area contributed by atoms with Gasteiger partial charge in [0.05, 0.1) is 10.5 Å². The summed E-state index contributed by atoms with van der Waals surface area (Å²) in [6, 6.07) is 19.3. The fourth-order valence-corrected chi connectivity index (χ4v) is 4.45. The normalized spacial score (nSPS) is 14.3. The largest absolute Gasteiger partial charge is 0.478 e. The van der Waals surface area contributed by atoms with E-state index in [1.54, 1.807) is 0 Å². The number of ether oxygens (including phenoxy) is 1. The number of hydrogen-bond donors (Lipinski definition) is 1. The molecule has 1 N–H and O–H groups in total. The van der Waals surface area contributed by atoms with Crippen LogP contribution in [0.15, 0.2) is 66.7 Å². The highest BCUT2D eigenvalue weighted by Gasteiger charge is 2.39. The third-order valence-corrected chi connectivity index (χ3v) is 6.12. The van der Waals surface area contributed by atoms with Crippen molar-refractivity contribution in [1.29, 1.82) is 0 Å². The van der Waals surface area contributed by atoms with Crippen LogP contribution in [0.3, 0.4) is 0 Å². The molecule has 2 aliphatic carbocycles. The molecule has 0 aromatic heterocycles. The van der Waals surface area contributed by atoms with Gasteiger partial charge in [0, 0.05) is 18.0 Å². The molecule has 0 radical (unpaired) electrons. The van der Waals surface area contributed by atoms with Gasteiger partial charge in [0.2, 0.25) is 0 Å². The van der Waals surface area contributed by atoms with Gasteiger partial charge in [-0.3, -0.25) is 15.0 Å². The molecule has 0 atom stereocenters. The van der Waals surface area contributed by atoms with Gasteiger partial charge in [-0.25, -0.2) is 9.59 Å². The van der Waals surface area contributed by atoms with E-state index in [0.717, 1.165) is 28.3 Å². The smallest absolute Gasteiger partial charge is 0.414 e. The molecule has 8 nitrogen and oxygen atoms in total. The van der Waals surface area contributed by atoms with Gasteiger partial charge in [-0.15, -0.1) is 0 Å². The minimum Gasteiger partial charge on any atom is -0.478 e. The summed E-state index contributed by atoms with van der Waals surface area (Å²) in [5.41, 5.74) is 3.75. The zero-order valence-corrected chi connectivity index (χ0v) is 17.5. The molecule has 8 heteroatoms. The standard InChI is InChI=1S/C25H20N2O6/c28-24(29)15-9-12-22(23(13-15)27(31)32)26(16-10-11-16)25(30)33-14-21-19-7-3-1-5-17(19)18-6-2-4-8-20(18)21/h1-9,12-13,16,21H,10-11,14H2,(H,28,29). The summed E-state index contributed by atoms with van der Waals surface area (Å²) < 4.78 is 5.72. The number of carbonyl (C=O) groups is 2. The maximum atomic E-state index is 13.2. The third-order valence-electron chi connectivity index (χ3n) is 6.12. The SMILES string of the molecule is O=C(O)c1ccc(N(C(=O)OCC2c3ccccc3-c3ccccc32)C2CC2)c([N+](=O)[O-])c1. The molecule has 1 amide bonds. The van der Waals surface area contributed by atoms with Crippen molar-refractivity contribution in [2.75, 3.05) is 11.5 Å². The number of amides is 1. The van der Waals surface area contributed by atoms with Crippen LogP contribution in [0.1, 0.15) is 40.2 Å². The summed E-state index contributed by atoms with van der Waals surface area (Å²) in [5, 5.41) is 20.8. The zero-order valence-electron chi connectivity index (χ0n) is 17.5. The minimum atomic E-state index is -1.27. The first-order valence-corrected chi connectivity index (χ1v) is 10.6. The van der Waals surface area contributed by atoms with Crippen molar-refractivity contribution in [3.63, 3.8) is 0 Å². The van der Waals surface area contributed by atoms with E-state index in [9.17, 15) is 24.8 Å². The first kappa shape index (κ1) is 20.7. The predicted molar refractivity (Wildman–Crippen MR) is 121 cm³/mol. The molecule has 0 aliphatic heterocycles. The van der Waals surface area contributed by atoms with Gasteiger partial charge in [-0.1, -0.05) is 48.5 Å². The molecular formula is C25H20N2O6. The number of nitrogens with zero attached hydrogens (tertiary/aromatic N) is 2. The number of anilines is 1. The first-order chi connectivity index (χ1) is 16.0. The van der Waals surface area contributed by atoms with E-state index >= 15 is 0 Å². The second-order valence-electron chi connectivity index (χ2n) is 8.17. The Morgan fingerprint density at radius 1 is 1.00 bits per heavy atom. The van der Waals surface area contributed by atoms with E-state index in [1.807, 2.05) is 48.5 Å². The number of aromatic carboxylic acids is 1. The molecule has 3 aromatic carbocycles. The van der Waals surface area contributed by atoms with Gasteiger partial charge >= 0.3 is 12.1 Å². The van der Waals surface area contributed by atoms with Gasteiger partial charge in [-0.05, 0) is 47.2 Å². The van der Waals surface area contributed by atoms with Crippen molar-refractivity contribution in [2.45, 2.75) is 24.8 Å². The molecule has 0 saturated heterocycles. The fourth-order valence-electron chi connectivity index (χ4n) is 4.45. The van der Waals surface area contributed by atoms with Crippen LogP contribution in [0, 0.1) is 10.1 Å². The number of rotatable bonds is 6. The lowest BCUT2D eigenvalue weighted by molar-refractivity contribution is -0.384. The molecule has 1 saturated carbocycles. The van der Waals surface area contributed by atoms with Crippen LogP contribution in [0.2, 0.25) is 0 Å². The molecule has 1 fully saturated rings. The highest BCUT2D eigenvalue weighted by Crippen LogP contribution is 2.45. The second-order valence-corrected chi connectivity index (χ2v) is 8.17. The quantitative estimate of drug-likeness (QED) is 0.413. The van der Waals surface area contributed by atoms with Gasteiger partial charge in [0.25, 0.3) is 5.69 Å². The lowest BCUT2D eigenvalue weighted by Gasteiger charge is -2.23. The van der Waals surface area contributed by atoms with Crippen LogP contribution in [0.5, 0.6) is 0 Å². The maximum absolute atomic E-state index is 13.2. The molecule has 3 aromatic rings. The second kappa shape index (κ2) is 8.05. The van der Waals surface area contributed by atoms with E-state index in [4.69, 9.17) is 4.74 Å². The summed E-state index contributed by atoms with van der Waals surface area (Å²) in [5.74, 6) is -1.41. The molecule has 33 heavy (non-hydrogen) atoms. The summed E-state index contributed by atoms with van der Waals surface area (Å²) in [7, 11) is 0. The number of nitro groups is 1. The predicted octanol–water partition coefficient (Wildman–Crippen LogP) is 5.21. The lowest BCUT2D eigenvalue weighted by Crippen LogP contribution is -2.35. The maximum Gasteiger partial charge on any atom is 0.414 e. The van der Waals surface area contributed by atoms with E-state index in [1.165, 1.54) is 17.0 Å². The topological polar surface area (TPSA) is 110 Å². The van der Waals surface area contributed by atoms with Gasteiger partial charge in [0.15, 0.2) is 0 Å². The number of nitro benzene ring substituents is 1. The average Bonchev–Trinajstić information content (AvgIpc) is 3.60. The van der Waals surface area contributed by atoms with Crippen LogP contribution in [-0.2, 0) is 4.74 Å². The number of fused-ring (bicyclic) bond motifs is 3. The van der Waals surface area contributed by atoms with Crippen LogP contribution in [0.4, 0.5) is 16.2 Å². The fraction of sp³-hybridized carbons (Fsp3) is 0.200. The van der Waals surface area contributed by atoms with E-state index < -0.39 is 22.7 Å². The van der Waals surface area contributed by atoms with Crippen molar-refractivity contribution in [3.8, 4) is 11.1 Å². The average molecular weight is 444 g/mol. The van der Waals surface area contributed by atoms with Crippen molar-refractivity contribution in [3.05, 3.63) is 93.5 Å². The van der Waals surface area contributed by atoms with Crippen LogP contribution >= 0.6 is 0 Å². The van der Waals surface area contributed by atoms with Crippen molar-refractivity contribution in [2.24, 2.45) is 0 Å². The Morgan fingerprint density at radius 2 is 1.61 bits per heavy atom. The van der Waals surface area contributed by atoms with E-state index in [2.05, 4.69) is 0 Å². The lowest BCUT2D eigenvalue weighted by atomic mass is 9.98. The Bertz CT molecular complexity index is 1240. The molecule has 0 spiro atoms. The van der Waals surface area contributed by atoms with Crippen LogP contribution in [0.25, 0.3) is 11.1 Å². The summed E-state index contributed by atoms with van der Waals surface area (Å²) in [6.07, 6.45) is 0.717. The molecule has 0 heterocycles. The Labute approximate surface area is 189 Å². The Balaban J connectivity index is 1.43. The highest BCUT2D eigenvalue weighted by molar-refractivity contribution is 5.95. The van der Waals surface area contributed by atoms with Gasteiger partial charge < -0.3 is 9.84 Å². The number of benzene rings is 3. The minimum absolute atomic E-state index is 0.0460. The van der Waals surface area contributed by atoms with Crippen LogP contribution in [-0.4, -0.2) is 34.7 Å². The third kappa shape index (κ3) is 3.69. The molecule has 0 bridgehead atoms. The summed E-state index contributed by atoms with van der Waals surface area (Å²) in [4.78, 5) is 36.7. The van der Waals surface area contributed by atoms with Crippen molar-refractivity contribution in [1.82, 2.24) is 0 Å². The summed E-state index contributed by atoms with van der Waals surface area (Å²) >= 11 is 0. The zero-order chi connectivity index (χ0) is 23.1. The monoisotopic (exact) mass is 444 g/mol.